The molecule has 2 aromatic rings. The van der Waals surface area contributed by atoms with Gasteiger partial charge < -0.3 is 14.2 Å². The molecule has 0 unspecified atom stereocenters. The lowest BCUT2D eigenvalue weighted by atomic mass is 10.1. The summed E-state index contributed by atoms with van der Waals surface area (Å²) in [7, 11) is 5.01. The third-order valence-electron chi connectivity index (χ3n) is 3.28. The van der Waals surface area contributed by atoms with Crippen LogP contribution < -0.4 is 14.2 Å². The Hall–Kier alpha value is -2.42. The second kappa shape index (κ2) is 7.39. The lowest BCUT2D eigenvalue weighted by Gasteiger charge is -2.11. The molecule has 0 amide bonds. The fourth-order valence-corrected chi connectivity index (χ4v) is 2.16. The van der Waals surface area contributed by atoms with Crippen molar-refractivity contribution in [3.8, 4) is 17.2 Å². The molecule has 2 aromatic carbocycles. The normalized spacial score (nSPS) is 10.6. The monoisotopic (exact) mass is 284 g/mol. The fourth-order valence-electron chi connectivity index (χ4n) is 2.16. The molecule has 0 heterocycles. The Balaban J connectivity index is 2.13. The highest BCUT2D eigenvalue weighted by Gasteiger charge is 2.07. The van der Waals surface area contributed by atoms with Crippen molar-refractivity contribution >= 4 is 6.08 Å². The van der Waals surface area contributed by atoms with Gasteiger partial charge in [0, 0.05) is 5.56 Å². The number of allylic oxidation sites excluding steroid dienone is 1. The predicted molar refractivity (Wildman–Crippen MR) is 85.3 cm³/mol. The van der Waals surface area contributed by atoms with Gasteiger partial charge in [-0.25, -0.2) is 0 Å². The number of hydrogen-bond acceptors (Lipinski definition) is 3. The van der Waals surface area contributed by atoms with Crippen LogP contribution in [0.2, 0.25) is 0 Å². The first kappa shape index (κ1) is 15.0. The number of benzene rings is 2. The average Bonchev–Trinajstić information content (AvgIpc) is 2.55. The standard InChI is InChI=1S/C18H20O3/c1-19-15-12-10-14(11-13-15)6-4-7-16-17(20-2)8-5-9-18(16)21-3/h4-6,8-13H,7H2,1-3H3/b6-4+. The fraction of sp³-hybridized carbons (Fsp3) is 0.222. The zero-order valence-corrected chi connectivity index (χ0v) is 12.6. The molecule has 0 aliphatic rings. The highest BCUT2D eigenvalue weighted by molar-refractivity contribution is 5.53. The summed E-state index contributed by atoms with van der Waals surface area (Å²) >= 11 is 0. The first-order valence-electron chi connectivity index (χ1n) is 6.79. The second-order valence-corrected chi connectivity index (χ2v) is 4.52. The molecule has 2 rings (SSSR count). The van der Waals surface area contributed by atoms with Crippen molar-refractivity contribution in [1.82, 2.24) is 0 Å². The van der Waals surface area contributed by atoms with E-state index in [-0.39, 0.29) is 0 Å². The van der Waals surface area contributed by atoms with E-state index in [1.165, 1.54) is 0 Å². The molecule has 0 N–H and O–H groups in total. The van der Waals surface area contributed by atoms with E-state index in [1.54, 1.807) is 21.3 Å². The molecule has 110 valence electrons. The minimum absolute atomic E-state index is 0.749. The molecule has 3 nitrogen and oxygen atoms in total. The van der Waals surface area contributed by atoms with Gasteiger partial charge in [0.15, 0.2) is 0 Å². The van der Waals surface area contributed by atoms with Gasteiger partial charge in [-0.15, -0.1) is 0 Å². The van der Waals surface area contributed by atoms with E-state index in [2.05, 4.69) is 12.2 Å². The molecule has 0 bridgehead atoms. The summed E-state index contributed by atoms with van der Waals surface area (Å²) in [6.45, 7) is 0. The number of methoxy groups -OCH3 is 3. The lowest BCUT2D eigenvalue weighted by molar-refractivity contribution is 0.387. The molecule has 0 saturated heterocycles. The maximum Gasteiger partial charge on any atom is 0.126 e. The lowest BCUT2D eigenvalue weighted by Crippen LogP contribution is -1.95. The van der Waals surface area contributed by atoms with Crippen LogP contribution in [0.1, 0.15) is 11.1 Å². The summed E-state index contributed by atoms with van der Waals surface area (Å²) in [6, 6.07) is 13.8. The number of ether oxygens (including phenoxy) is 3. The second-order valence-electron chi connectivity index (χ2n) is 4.52. The Morgan fingerprint density at radius 1 is 0.810 bits per heavy atom. The zero-order chi connectivity index (χ0) is 15.1. The van der Waals surface area contributed by atoms with Crippen molar-refractivity contribution < 1.29 is 14.2 Å². The van der Waals surface area contributed by atoms with Gasteiger partial charge in [0.2, 0.25) is 0 Å². The summed E-state index contributed by atoms with van der Waals surface area (Å²) < 4.78 is 15.9. The van der Waals surface area contributed by atoms with Gasteiger partial charge >= 0.3 is 0 Å². The highest BCUT2D eigenvalue weighted by atomic mass is 16.5. The van der Waals surface area contributed by atoms with Gasteiger partial charge in [0.25, 0.3) is 0 Å². The van der Waals surface area contributed by atoms with E-state index < -0.39 is 0 Å². The van der Waals surface area contributed by atoms with Crippen LogP contribution >= 0.6 is 0 Å². The van der Waals surface area contributed by atoms with Crippen molar-refractivity contribution in [3.63, 3.8) is 0 Å². The van der Waals surface area contributed by atoms with E-state index >= 15 is 0 Å². The summed E-state index contributed by atoms with van der Waals surface area (Å²) in [5.74, 6) is 2.54. The third kappa shape index (κ3) is 3.78. The van der Waals surface area contributed by atoms with Crippen LogP contribution in [0, 0.1) is 0 Å². The minimum Gasteiger partial charge on any atom is -0.497 e. The number of hydrogen-bond donors (Lipinski definition) is 0. The molecule has 0 aliphatic heterocycles. The SMILES string of the molecule is COc1ccc(/C=C/Cc2c(OC)cccc2OC)cc1. The quantitative estimate of drug-likeness (QED) is 0.803. The van der Waals surface area contributed by atoms with Crippen LogP contribution in [-0.2, 0) is 6.42 Å². The molecular formula is C18H20O3. The van der Waals surface area contributed by atoms with Gasteiger partial charge in [-0.1, -0.05) is 30.4 Å². The average molecular weight is 284 g/mol. The van der Waals surface area contributed by atoms with Gasteiger partial charge in [-0.2, -0.15) is 0 Å². The molecule has 0 radical (unpaired) electrons. The van der Waals surface area contributed by atoms with Crippen LogP contribution in [0.5, 0.6) is 17.2 Å². The summed E-state index contributed by atoms with van der Waals surface area (Å²) in [4.78, 5) is 0. The van der Waals surface area contributed by atoms with Gasteiger partial charge in [0.05, 0.1) is 21.3 Å². The maximum absolute atomic E-state index is 5.39. The summed E-state index contributed by atoms with van der Waals surface area (Å²) in [5, 5.41) is 0. The Morgan fingerprint density at radius 3 is 1.95 bits per heavy atom. The topological polar surface area (TPSA) is 27.7 Å². The molecule has 0 spiro atoms. The molecule has 3 heteroatoms. The summed E-state index contributed by atoms with van der Waals surface area (Å²) in [5.41, 5.74) is 2.18. The van der Waals surface area contributed by atoms with Crippen LogP contribution in [0.15, 0.2) is 48.5 Å². The van der Waals surface area contributed by atoms with Crippen molar-refractivity contribution in [2.45, 2.75) is 6.42 Å². The largest absolute Gasteiger partial charge is 0.497 e. The van der Waals surface area contributed by atoms with Gasteiger partial charge in [-0.05, 0) is 36.2 Å². The molecule has 21 heavy (non-hydrogen) atoms. The van der Waals surface area contributed by atoms with E-state index in [4.69, 9.17) is 14.2 Å². The molecule has 0 aromatic heterocycles. The molecule has 0 aliphatic carbocycles. The molecule has 0 saturated carbocycles. The van der Waals surface area contributed by atoms with Crippen molar-refractivity contribution in [1.29, 1.82) is 0 Å². The molecule has 0 fully saturated rings. The Morgan fingerprint density at radius 2 is 1.43 bits per heavy atom. The predicted octanol–water partition coefficient (Wildman–Crippen LogP) is 3.97. The number of rotatable bonds is 6. The van der Waals surface area contributed by atoms with E-state index in [0.717, 1.165) is 34.8 Å². The molecule has 0 atom stereocenters. The Kier molecular flexibility index (Phi) is 5.27. The van der Waals surface area contributed by atoms with E-state index in [0.29, 0.717) is 0 Å². The molecular weight excluding hydrogens is 264 g/mol. The van der Waals surface area contributed by atoms with Crippen LogP contribution in [-0.4, -0.2) is 21.3 Å². The first-order chi connectivity index (χ1) is 10.3. The van der Waals surface area contributed by atoms with Gasteiger partial charge in [-0.3, -0.25) is 0 Å². The first-order valence-corrected chi connectivity index (χ1v) is 6.79. The van der Waals surface area contributed by atoms with Crippen molar-refractivity contribution in [2.75, 3.05) is 21.3 Å². The summed E-state index contributed by atoms with van der Waals surface area (Å²) in [6.07, 6.45) is 4.92. The minimum atomic E-state index is 0.749. The Bertz CT molecular complexity index is 578. The van der Waals surface area contributed by atoms with Crippen LogP contribution in [0.4, 0.5) is 0 Å². The van der Waals surface area contributed by atoms with Crippen LogP contribution in [0.3, 0.4) is 0 Å². The highest BCUT2D eigenvalue weighted by Crippen LogP contribution is 2.29. The van der Waals surface area contributed by atoms with E-state index in [9.17, 15) is 0 Å². The van der Waals surface area contributed by atoms with Crippen LogP contribution in [0.25, 0.3) is 6.08 Å². The Labute approximate surface area is 125 Å². The third-order valence-corrected chi connectivity index (χ3v) is 3.28. The maximum atomic E-state index is 5.39. The van der Waals surface area contributed by atoms with Gasteiger partial charge in [0.1, 0.15) is 17.2 Å². The van der Waals surface area contributed by atoms with E-state index in [1.807, 2.05) is 42.5 Å². The zero-order valence-electron chi connectivity index (χ0n) is 12.6. The van der Waals surface area contributed by atoms with Crippen molar-refractivity contribution in [2.24, 2.45) is 0 Å². The smallest absolute Gasteiger partial charge is 0.126 e. The van der Waals surface area contributed by atoms with Crippen molar-refractivity contribution in [3.05, 3.63) is 59.7 Å².